The number of nitrogens with zero attached hydrogens (tertiary/aromatic N) is 1. The molecule has 0 bridgehead atoms. The van der Waals surface area contributed by atoms with Crippen molar-refractivity contribution >= 4 is 5.84 Å². The molecule has 4 heteroatoms. The largest absolute Gasteiger partial charge is 0.409 e. The highest BCUT2D eigenvalue weighted by molar-refractivity contribution is 5.84. The molecule has 0 aromatic rings. The molecule has 2 atom stereocenters. The first-order valence-corrected chi connectivity index (χ1v) is 5.88. The normalized spacial score (nSPS) is 23.7. The fourth-order valence-corrected chi connectivity index (χ4v) is 2.34. The average molecular weight is 213 g/mol. The van der Waals surface area contributed by atoms with Crippen LogP contribution in [0.5, 0.6) is 0 Å². The Bertz CT molecular complexity index is 212. The molecular formula is C11H23N3O. The molecular weight excluding hydrogens is 190 g/mol. The molecule has 15 heavy (non-hydrogen) atoms. The maximum atomic E-state index is 8.55. The van der Waals surface area contributed by atoms with Crippen molar-refractivity contribution in [2.24, 2.45) is 16.8 Å². The van der Waals surface area contributed by atoms with E-state index in [1.165, 1.54) is 32.1 Å². The quantitative estimate of drug-likeness (QED) is 0.288. The molecule has 1 aliphatic carbocycles. The third-order valence-corrected chi connectivity index (χ3v) is 3.43. The minimum Gasteiger partial charge on any atom is -0.409 e. The van der Waals surface area contributed by atoms with E-state index in [4.69, 9.17) is 10.9 Å². The molecule has 4 N–H and O–H groups in total. The number of oxime groups is 1. The predicted molar refractivity (Wildman–Crippen MR) is 62.0 cm³/mol. The van der Waals surface area contributed by atoms with Crippen molar-refractivity contribution < 1.29 is 5.21 Å². The van der Waals surface area contributed by atoms with Gasteiger partial charge in [0.25, 0.3) is 0 Å². The van der Waals surface area contributed by atoms with Crippen molar-refractivity contribution in [2.75, 3.05) is 0 Å². The van der Waals surface area contributed by atoms with Gasteiger partial charge in [-0.1, -0.05) is 24.4 Å². The van der Waals surface area contributed by atoms with Crippen molar-refractivity contribution in [2.45, 2.75) is 58.0 Å². The lowest BCUT2D eigenvalue weighted by atomic mass is 9.84. The summed E-state index contributed by atoms with van der Waals surface area (Å²) in [5.41, 5.74) is 5.53. The fraction of sp³-hybridized carbons (Fsp3) is 0.909. The summed E-state index contributed by atoms with van der Waals surface area (Å²) >= 11 is 0. The summed E-state index contributed by atoms with van der Waals surface area (Å²) in [7, 11) is 0. The first kappa shape index (κ1) is 12.3. The van der Waals surface area contributed by atoms with E-state index in [1.807, 2.05) is 6.92 Å². The minimum atomic E-state index is -0.0491. The Morgan fingerprint density at radius 2 is 1.93 bits per heavy atom. The van der Waals surface area contributed by atoms with Gasteiger partial charge < -0.3 is 16.3 Å². The van der Waals surface area contributed by atoms with Crippen LogP contribution in [-0.2, 0) is 0 Å². The monoisotopic (exact) mass is 213 g/mol. The Labute approximate surface area is 91.9 Å². The highest BCUT2D eigenvalue weighted by Crippen LogP contribution is 2.26. The standard InChI is InChI=1S/C11H23N3O/c1-8(10-6-4-3-5-7-10)13-9(2)11(12)14-15/h8-10,13,15H,3-7H2,1-2H3,(H2,12,14)/t8-,9?/m0/s1. The van der Waals surface area contributed by atoms with Crippen LogP contribution in [0.3, 0.4) is 0 Å². The van der Waals surface area contributed by atoms with Crippen LogP contribution in [0, 0.1) is 5.92 Å². The zero-order chi connectivity index (χ0) is 11.3. The third-order valence-electron chi connectivity index (χ3n) is 3.43. The molecule has 0 spiro atoms. The van der Waals surface area contributed by atoms with Gasteiger partial charge in [0.2, 0.25) is 0 Å². The number of rotatable bonds is 4. The zero-order valence-electron chi connectivity index (χ0n) is 9.74. The maximum Gasteiger partial charge on any atom is 0.156 e. The lowest BCUT2D eigenvalue weighted by Crippen LogP contribution is -2.46. The van der Waals surface area contributed by atoms with E-state index in [0.29, 0.717) is 6.04 Å². The molecule has 1 saturated carbocycles. The van der Waals surface area contributed by atoms with Crippen molar-refractivity contribution in [1.29, 1.82) is 0 Å². The Hall–Kier alpha value is -0.770. The molecule has 0 heterocycles. The number of nitrogens with one attached hydrogen (secondary N) is 1. The van der Waals surface area contributed by atoms with E-state index in [2.05, 4.69) is 17.4 Å². The second-order valence-corrected chi connectivity index (χ2v) is 4.60. The van der Waals surface area contributed by atoms with Gasteiger partial charge in [0.1, 0.15) is 0 Å². The second-order valence-electron chi connectivity index (χ2n) is 4.60. The number of nitrogens with two attached hydrogens (primary N) is 1. The van der Waals surface area contributed by atoms with Crippen LogP contribution in [0.2, 0.25) is 0 Å². The molecule has 0 aliphatic heterocycles. The van der Waals surface area contributed by atoms with Crippen molar-refractivity contribution in [3.05, 3.63) is 0 Å². The lowest BCUT2D eigenvalue weighted by molar-refractivity contribution is 0.274. The van der Waals surface area contributed by atoms with Crippen LogP contribution in [0.15, 0.2) is 5.16 Å². The molecule has 1 rings (SSSR count). The lowest BCUT2D eigenvalue weighted by Gasteiger charge is -2.30. The Morgan fingerprint density at radius 3 is 2.47 bits per heavy atom. The summed E-state index contributed by atoms with van der Waals surface area (Å²) in [4.78, 5) is 0. The van der Waals surface area contributed by atoms with Crippen LogP contribution in [0.25, 0.3) is 0 Å². The minimum absolute atomic E-state index is 0.0491. The topological polar surface area (TPSA) is 70.6 Å². The van der Waals surface area contributed by atoms with Crippen LogP contribution in [0.4, 0.5) is 0 Å². The molecule has 1 unspecified atom stereocenters. The molecule has 0 aromatic heterocycles. The van der Waals surface area contributed by atoms with E-state index in [-0.39, 0.29) is 11.9 Å². The smallest absolute Gasteiger partial charge is 0.156 e. The zero-order valence-corrected chi connectivity index (χ0v) is 9.74. The van der Waals surface area contributed by atoms with E-state index < -0.39 is 0 Å². The highest BCUT2D eigenvalue weighted by Gasteiger charge is 2.21. The molecule has 4 nitrogen and oxygen atoms in total. The van der Waals surface area contributed by atoms with Crippen molar-refractivity contribution in [3.63, 3.8) is 0 Å². The van der Waals surface area contributed by atoms with Crippen LogP contribution in [-0.4, -0.2) is 23.1 Å². The van der Waals surface area contributed by atoms with Gasteiger partial charge in [-0.2, -0.15) is 0 Å². The summed E-state index contributed by atoms with van der Waals surface area (Å²) in [5, 5.41) is 15.0. The number of hydrogen-bond acceptors (Lipinski definition) is 3. The SMILES string of the molecule is CC(N[C@@H](C)C1CCCCC1)C(N)=NO. The van der Waals surface area contributed by atoms with Gasteiger partial charge in [0, 0.05) is 6.04 Å². The highest BCUT2D eigenvalue weighted by atomic mass is 16.4. The van der Waals surface area contributed by atoms with Gasteiger partial charge in [-0.15, -0.1) is 0 Å². The number of hydrogen-bond donors (Lipinski definition) is 3. The molecule has 0 aromatic carbocycles. The van der Waals surface area contributed by atoms with Gasteiger partial charge in [-0.05, 0) is 32.6 Å². The van der Waals surface area contributed by atoms with Crippen molar-refractivity contribution in [3.8, 4) is 0 Å². The average Bonchev–Trinajstić information content (AvgIpc) is 2.29. The second kappa shape index (κ2) is 5.95. The van der Waals surface area contributed by atoms with Gasteiger partial charge in [-0.3, -0.25) is 0 Å². The van der Waals surface area contributed by atoms with Gasteiger partial charge in [-0.25, -0.2) is 0 Å². The fourth-order valence-electron chi connectivity index (χ4n) is 2.34. The van der Waals surface area contributed by atoms with Gasteiger partial charge in [0.15, 0.2) is 5.84 Å². The summed E-state index contributed by atoms with van der Waals surface area (Å²) < 4.78 is 0. The van der Waals surface area contributed by atoms with E-state index in [1.54, 1.807) is 0 Å². The molecule has 0 radical (unpaired) electrons. The summed E-state index contributed by atoms with van der Waals surface area (Å²) in [5.74, 6) is 1.00. The molecule has 0 saturated heterocycles. The molecule has 88 valence electrons. The maximum absolute atomic E-state index is 8.55. The van der Waals surface area contributed by atoms with Crippen molar-refractivity contribution in [1.82, 2.24) is 5.32 Å². The van der Waals surface area contributed by atoms with E-state index >= 15 is 0 Å². The van der Waals surface area contributed by atoms with Crippen LogP contribution < -0.4 is 11.1 Å². The van der Waals surface area contributed by atoms with E-state index in [9.17, 15) is 0 Å². The molecule has 0 amide bonds. The Morgan fingerprint density at radius 1 is 1.33 bits per heavy atom. The summed E-state index contributed by atoms with van der Waals surface area (Å²) in [6.45, 7) is 4.12. The summed E-state index contributed by atoms with van der Waals surface area (Å²) in [6, 6.07) is 0.396. The van der Waals surface area contributed by atoms with Gasteiger partial charge >= 0.3 is 0 Å². The predicted octanol–water partition coefficient (Wildman–Crippen LogP) is 1.68. The van der Waals surface area contributed by atoms with E-state index in [0.717, 1.165) is 5.92 Å². The number of amidine groups is 1. The van der Waals surface area contributed by atoms with Crippen LogP contribution >= 0.6 is 0 Å². The Balaban J connectivity index is 2.36. The van der Waals surface area contributed by atoms with Crippen LogP contribution in [0.1, 0.15) is 46.0 Å². The van der Waals surface area contributed by atoms with Gasteiger partial charge in [0.05, 0.1) is 6.04 Å². The Kier molecular flexibility index (Phi) is 4.88. The summed E-state index contributed by atoms with van der Waals surface area (Å²) in [6.07, 6.45) is 6.66. The third kappa shape index (κ3) is 3.70. The first-order valence-electron chi connectivity index (χ1n) is 5.88. The first-order chi connectivity index (χ1) is 7.15. The molecule has 1 fully saturated rings. The molecule has 1 aliphatic rings.